The molecule has 6 N–H and O–H groups in total. The minimum Gasteiger partial charge on any atom is -0.396 e. The first-order chi connectivity index (χ1) is 5.09. The molecule has 5 nitrogen and oxygen atoms in total. The second-order valence-corrected chi connectivity index (χ2v) is 2.90. The molecule has 11 heavy (non-hydrogen) atoms. The Morgan fingerprint density at radius 2 is 1.55 bits per heavy atom. The van der Waals surface area contributed by atoms with Crippen LogP contribution in [0, 0.1) is 5.92 Å². The van der Waals surface area contributed by atoms with Gasteiger partial charge in [0, 0.05) is 12.0 Å². The third-order valence-electron chi connectivity index (χ3n) is 2.24. The second kappa shape index (κ2) is 3.04. The maximum atomic E-state index is 9.15. The van der Waals surface area contributed by atoms with E-state index < -0.39 is 30.3 Å². The molecule has 66 valence electrons. The van der Waals surface area contributed by atoms with Gasteiger partial charge in [-0.15, -0.1) is 0 Å². The number of aliphatic hydroxyl groups is 4. The fourth-order valence-electron chi connectivity index (χ4n) is 1.39. The minimum absolute atomic E-state index is 0.323. The number of rotatable bonds is 1. The molecule has 1 rings (SSSR count). The summed E-state index contributed by atoms with van der Waals surface area (Å²) < 4.78 is 0. The lowest BCUT2D eigenvalue weighted by atomic mass is 10.0. The van der Waals surface area contributed by atoms with Gasteiger partial charge in [-0.2, -0.15) is 0 Å². The van der Waals surface area contributed by atoms with Crippen LogP contribution in [0.5, 0.6) is 0 Å². The zero-order valence-corrected chi connectivity index (χ0v) is 5.96. The predicted molar refractivity (Wildman–Crippen MR) is 36.6 cm³/mol. The van der Waals surface area contributed by atoms with Gasteiger partial charge in [-0.3, -0.25) is 0 Å². The molecule has 0 radical (unpaired) electrons. The summed E-state index contributed by atoms with van der Waals surface area (Å²) in [7, 11) is 0. The molecule has 0 saturated heterocycles. The van der Waals surface area contributed by atoms with Crippen LogP contribution in [0.25, 0.3) is 0 Å². The van der Waals surface area contributed by atoms with Crippen molar-refractivity contribution in [1.29, 1.82) is 0 Å². The lowest BCUT2D eigenvalue weighted by molar-refractivity contribution is -0.0307. The Morgan fingerprint density at radius 3 is 1.73 bits per heavy atom. The van der Waals surface area contributed by atoms with Gasteiger partial charge in [0.05, 0.1) is 18.8 Å². The first-order valence-corrected chi connectivity index (χ1v) is 3.50. The Morgan fingerprint density at radius 1 is 1.00 bits per heavy atom. The standard InChI is InChI=1S/C6H13NO4/c7-3-2(1-8)4(9)6(11)5(3)10/h2-6,8-11H,1,7H2/t2-,3+,4-,5-,6-/m0/s1. The van der Waals surface area contributed by atoms with Crippen molar-refractivity contribution in [2.45, 2.75) is 24.4 Å². The highest BCUT2D eigenvalue weighted by Crippen LogP contribution is 2.25. The normalized spacial score (nSPS) is 51.5. The van der Waals surface area contributed by atoms with Crippen molar-refractivity contribution in [3.63, 3.8) is 0 Å². The van der Waals surface area contributed by atoms with Gasteiger partial charge in [0.25, 0.3) is 0 Å². The van der Waals surface area contributed by atoms with Gasteiger partial charge in [0.2, 0.25) is 0 Å². The predicted octanol–water partition coefficient (Wildman–Crippen LogP) is -2.98. The monoisotopic (exact) mass is 163 g/mol. The van der Waals surface area contributed by atoms with E-state index in [-0.39, 0.29) is 6.61 Å². The Kier molecular flexibility index (Phi) is 2.46. The van der Waals surface area contributed by atoms with Gasteiger partial charge in [-0.25, -0.2) is 0 Å². The first kappa shape index (κ1) is 8.89. The summed E-state index contributed by atoms with van der Waals surface area (Å²) in [5.74, 6) is -0.625. The highest BCUT2D eigenvalue weighted by atomic mass is 16.4. The molecule has 0 aliphatic heterocycles. The van der Waals surface area contributed by atoms with Crippen LogP contribution in [0.15, 0.2) is 0 Å². The zero-order chi connectivity index (χ0) is 8.59. The summed E-state index contributed by atoms with van der Waals surface area (Å²) in [6.07, 6.45) is -3.49. The molecule has 0 heterocycles. The molecule has 0 aromatic rings. The van der Waals surface area contributed by atoms with Crippen molar-refractivity contribution >= 4 is 0 Å². The van der Waals surface area contributed by atoms with Crippen molar-refractivity contribution in [2.75, 3.05) is 6.61 Å². The molecule has 0 aromatic carbocycles. The lowest BCUT2D eigenvalue weighted by Gasteiger charge is -2.15. The summed E-state index contributed by atoms with van der Waals surface area (Å²) in [5.41, 5.74) is 5.38. The van der Waals surface area contributed by atoms with E-state index in [1.165, 1.54) is 0 Å². The van der Waals surface area contributed by atoms with Crippen LogP contribution in [-0.4, -0.2) is 51.4 Å². The first-order valence-electron chi connectivity index (χ1n) is 3.50. The number of nitrogens with two attached hydrogens (primary N) is 1. The van der Waals surface area contributed by atoms with Crippen LogP contribution in [0.4, 0.5) is 0 Å². The smallest absolute Gasteiger partial charge is 0.108 e. The molecule has 1 aliphatic rings. The van der Waals surface area contributed by atoms with Crippen LogP contribution in [-0.2, 0) is 0 Å². The molecule has 0 spiro atoms. The molecule has 1 saturated carbocycles. The highest BCUT2D eigenvalue weighted by molar-refractivity contribution is 4.99. The highest BCUT2D eigenvalue weighted by Gasteiger charge is 2.46. The van der Waals surface area contributed by atoms with Gasteiger partial charge in [0.15, 0.2) is 0 Å². The van der Waals surface area contributed by atoms with Crippen molar-refractivity contribution < 1.29 is 20.4 Å². The van der Waals surface area contributed by atoms with Crippen LogP contribution < -0.4 is 5.73 Å². The molecule has 0 bridgehead atoms. The van der Waals surface area contributed by atoms with E-state index in [0.717, 1.165) is 0 Å². The molecule has 5 atom stereocenters. The maximum absolute atomic E-state index is 9.15. The van der Waals surface area contributed by atoms with E-state index in [4.69, 9.17) is 26.2 Å². The molecular weight excluding hydrogens is 150 g/mol. The van der Waals surface area contributed by atoms with Crippen molar-refractivity contribution in [1.82, 2.24) is 0 Å². The number of hydrogen-bond donors (Lipinski definition) is 5. The van der Waals surface area contributed by atoms with Gasteiger partial charge in [-0.1, -0.05) is 0 Å². The average molecular weight is 163 g/mol. The SMILES string of the molecule is N[C@H]1[C@H](O)[C@@H](O)[C@@H](O)[C@H]1CO. The number of aliphatic hydroxyl groups excluding tert-OH is 4. The molecule has 0 amide bonds. The van der Waals surface area contributed by atoms with Crippen LogP contribution in [0.2, 0.25) is 0 Å². The molecule has 0 unspecified atom stereocenters. The Balaban J connectivity index is 2.69. The van der Waals surface area contributed by atoms with Crippen molar-refractivity contribution in [3.05, 3.63) is 0 Å². The van der Waals surface area contributed by atoms with Crippen LogP contribution >= 0.6 is 0 Å². The summed E-state index contributed by atoms with van der Waals surface area (Å²) in [4.78, 5) is 0. The lowest BCUT2D eigenvalue weighted by Crippen LogP contribution is -2.39. The van der Waals surface area contributed by atoms with E-state index in [0.29, 0.717) is 0 Å². The zero-order valence-electron chi connectivity index (χ0n) is 5.96. The van der Waals surface area contributed by atoms with Crippen molar-refractivity contribution in [2.24, 2.45) is 11.7 Å². The van der Waals surface area contributed by atoms with E-state index in [1.807, 2.05) is 0 Å². The molecular formula is C6H13NO4. The average Bonchev–Trinajstić information content (AvgIpc) is 2.17. The molecule has 1 fully saturated rings. The van der Waals surface area contributed by atoms with Gasteiger partial charge >= 0.3 is 0 Å². The molecule has 1 aliphatic carbocycles. The van der Waals surface area contributed by atoms with E-state index >= 15 is 0 Å². The Labute approximate surface area is 64.1 Å². The molecule has 5 heteroatoms. The summed E-state index contributed by atoms with van der Waals surface area (Å²) in [5, 5.41) is 36.0. The van der Waals surface area contributed by atoms with Gasteiger partial charge in [-0.05, 0) is 0 Å². The second-order valence-electron chi connectivity index (χ2n) is 2.90. The van der Waals surface area contributed by atoms with E-state index in [9.17, 15) is 0 Å². The van der Waals surface area contributed by atoms with Gasteiger partial charge in [0.1, 0.15) is 6.10 Å². The third-order valence-corrected chi connectivity index (χ3v) is 2.24. The number of hydrogen-bond acceptors (Lipinski definition) is 5. The third kappa shape index (κ3) is 1.25. The fraction of sp³-hybridized carbons (Fsp3) is 1.00. The Bertz CT molecular complexity index is 129. The van der Waals surface area contributed by atoms with Crippen molar-refractivity contribution in [3.8, 4) is 0 Å². The largest absolute Gasteiger partial charge is 0.396 e. The van der Waals surface area contributed by atoms with Crippen LogP contribution in [0.3, 0.4) is 0 Å². The summed E-state index contributed by atoms with van der Waals surface area (Å²) in [6.45, 7) is -0.323. The summed E-state index contributed by atoms with van der Waals surface area (Å²) >= 11 is 0. The molecule has 0 aromatic heterocycles. The van der Waals surface area contributed by atoms with Gasteiger partial charge < -0.3 is 26.2 Å². The quantitative estimate of drug-likeness (QED) is 0.283. The van der Waals surface area contributed by atoms with E-state index in [2.05, 4.69) is 0 Å². The van der Waals surface area contributed by atoms with E-state index in [1.54, 1.807) is 0 Å². The minimum atomic E-state index is -1.23. The summed E-state index contributed by atoms with van der Waals surface area (Å²) in [6, 6.07) is -0.745. The topological polar surface area (TPSA) is 107 Å². The van der Waals surface area contributed by atoms with Crippen LogP contribution in [0.1, 0.15) is 0 Å². The maximum Gasteiger partial charge on any atom is 0.108 e. The Hall–Kier alpha value is -0.200. The fourth-order valence-corrected chi connectivity index (χ4v) is 1.39.